The largest absolute Gasteiger partial charge is 0.459 e. The monoisotopic (exact) mass is 372 g/mol. The van der Waals surface area contributed by atoms with E-state index in [0.29, 0.717) is 24.8 Å². The molecule has 0 saturated carbocycles. The number of hydrogen-bond donors (Lipinski definition) is 0. The van der Waals surface area contributed by atoms with E-state index in [4.69, 9.17) is 9.26 Å². The molecule has 0 amide bonds. The third kappa shape index (κ3) is 5.61. The number of carbonyl (C=O) groups excluding carboxylic acids is 1. The number of aryl methyl sites for hydroxylation is 1. The number of hydrogen-bond acceptors (Lipinski definition) is 7. The fourth-order valence-electron chi connectivity index (χ4n) is 3.11. The van der Waals surface area contributed by atoms with Crippen LogP contribution in [0.2, 0.25) is 0 Å². The number of ether oxygens (including phenoxy) is 1. The first-order valence-electron chi connectivity index (χ1n) is 9.35. The lowest BCUT2D eigenvalue weighted by Crippen LogP contribution is -2.48. The molecule has 1 aliphatic rings. The lowest BCUT2D eigenvalue weighted by molar-refractivity contribution is -0.156. The van der Waals surface area contributed by atoms with Crippen LogP contribution in [0.3, 0.4) is 0 Å². The summed E-state index contributed by atoms with van der Waals surface area (Å²) in [6.07, 6.45) is 0. The van der Waals surface area contributed by atoms with Gasteiger partial charge in [-0.3, -0.25) is 14.6 Å². The fourth-order valence-corrected chi connectivity index (χ4v) is 3.11. The normalized spacial score (nSPS) is 16.4. The van der Waals surface area contributed by atoms with Gasteiger partial charge in [0.1, 0.15) is 5.60 Å². The van der Waals surface area contributed by atoms with Crippen LogP contribution < -0.4 is 0 Å². The maximum Gasteiger partial charge on any atom is 0.320 e. The Kier molecular flexibility index (Phi) is 5.92. The Balaban J connectivity index is 1.49. The van der Waals surface area contributed by atoms with Crippen LogP contribution in [0.1, 0.15) is 32.2 Å². The molecule has 27 heavy (non-hydrogen) atoms. The highest BCUT2D eigenvalue weighted by Crippen LogP contribution is 2.20. The number of piperazine rings is 1. The topological polar surface area (TPSA) is 71.7 Å². The van der Waals surface area contributed by atoms with Crippen molar-refractivity contribution in [2.45, 2.75) is 39.8 Å². The summed E-state index contributed by atoms with van der Waals surface area (Å²) in [5, 5.41) is 4.12. The minimum absolute atomic E-state index is 0.171. The van der Waals surface area contributed by atoms with E-state index >= 15 is 0 Å². The van der Waals surface area contributed by atoms with Crippen molar-refractivity contribution < 1.29 is 14.1 Å². The first-order valence-corrected chi connectivity index (χ1v) is 9.35. The van der Waals surface area contributed by atoms with E-state index in [1.165, 1.54) is 0 Å². The van der Waals surface area contributed by atoms with E-state index < -0.39 is 5.60 Å². The Morgan fingerprint density at radius 3 is 2.48 bits per heavy atom. The second kappa shape index (κ2) is 8.19. The van der Waals surface area contributed by atoms with Crippen LogP contribution in [0, 0.1) is 6.92 Å². The molecule has 146 valence electrons. The van der Waals surface area contributed by atoms with E-state index in [-0.39, 0.29) is 5.97 Å². The molecule has 0 unspecified atom stereocenters. The number of esters is 1. The summed E-state index contributed by atoms with van der Waals surface area (Å²) in [6, 6.07) is 8.01. The molecule has 0 atom stereocenters. The molecule has 1 aromatic carbocycles. The molecule has 7 nitrogen and oxygen atoms in total. The van der Waals surface area contributed by atoms with Crippen LogP contribution in [-0.4, -0.2) is 64.2 Å². The van der Waals surface area contributed by atoms with Gasteiger partial charge in [-0.1, -0.05) is 29.4 Å². The second-order valence-electron chi connectivity index (χ2n) is 7.97. The molecule has 0 N–H and O–H groups in total. The summed E-state index contributed by atoms with van der Waals surface area (Å²) in [5.74, 6) is 1.08. The number of aromatic nitrogens is 2. The van der Waals surface area contributed by atoms with Crippen LogP contribution in [0.5, 0.6) is 0 Å². The first-order chi connectivity index (χ1) is 12.8. The van der Waals surface area contributed by atoms with E-state index in [0.717, 1.165) is 37.3 Å². The Labute approximate surface area is 160 Å². The van der Waals surface area contributed by atoms with Crippen molar-refractivity contribution in [2.75, 3.05) is 32.7 Å². The molecule has 1 aliphatic heterocycles. The van der Waals surface area contributed by atoms with Gasteiger partial charge in [-0.2, -0.15) is 4.98 Å². The predicted molar refractivity (Wildman–Crippen MR) is 102 cm³/mol. The Morgan fingerprint density at radius 1 is 1.15 bits per heavy atom. The second-order valence-corrected chi connectivity index (χ2v) is 7.97. The van der Waals surface area contributed by atoms with Crippen LogP contribution in [0.25, 0.3) is 11.4 Å². The zero-order valence-electron chi connectivity index (χ0n) is 16.6. The molecule has 2 heterocycles. The summed E-state index contributed by atoms with van der Waals surface area (Å²) in [6.45, 7) is 12.0. The smallest absolute Gasteiger partial charge is 0.320 e. The summed E-state index contributed by atoms with van der Waals surface area (Å²) in [7, 11) is 0. The first kappa shape index (κ1) is 19.5. The minimum Gasteiger partial charge on any atom is -0.459 e. The SMILES string of the molecule is Cc1ccccc1-c1noc(CN2CCN(CC(=O)OC(C)(C)C)CC2)n1. The van der Waals surface area contributed by atoms with Gasteiger partial charge in [-0.15, -0.1) is 0 Å². The predicted octanol–water partition coefficient (Wildman–Crippen LogP) is 2.50. The summed E-state index contributed by atoms with van der Waals surface area (Å²) in [5.41, 5.74) is 1.68. The van der Waals surface area contributed by atoms with Crippen LogP contribution in [0.15, 0.2) is 28.8 Å². The number of carbonyl (C=O) groups is 1. The van der Waals surface area contributed by atoms with E-state index in [1.807, 2.05) is 52.0 Å². The lowest BCUT2D eigenvalue weighted by Gasteiger charge is -2.33. The van der Waals surface area contributed by atoms with Crippen molar-refractivity contribution in [1.82, 2.24) is 19.9 Å². The average molecular weight is 372 g/mol. The van der Waals surface area contributed by atoms with Crippen LogP contribution in [0.4, 0.5) is 0 Å². The third-order valence-corrected chi connectivity index (χ3v) is 4.45. The number of benzene rings is 1. The van der Waals surface area contributed by atoms with Gasteiger partial charge in [0.15, 0.2) is 0 Å². The van der Waals surface area contributed by atoms with Crippen molar-refractivity contribution in [1.29, 1.82) is 0 Å². The molecule has 3 rings (SSSR count). The average Bonchev–Trinajstić information content (AvgIpc) is 3.03. The van der Waals surface area contributed by atoms with Crippen molar-refractivity contribution in [3.63, 3.8) is 0 Å². The molecule has 0 aliphatic carbocycles. The van der Waals surface area contributed by atoms with Crippen molar-refractivity contribution in [2.24, 2.45) is 0 Å². The molecule has 1 fully saturated rings. The molecule has 1 aromatic heterocycles. The zero-order chi connectivity index (χ0) is 19.4. The lowest BCUT2D eigenvalue weighted by atomic mass is 10.1. The number of rotatable bonds is 5. The van der Waals surface area contributed by atoms with Gasteiger partial charge in [0.2, 0.25) is 11.7 Å². The zero-order valence-corrected chi connectivity index (χ0v) is 16.6. The molecular formula is C20H28N4O3. The van der Waals surface area contributed by atoms with Crippen molar-refractivity contribution in [3.05, 3.63) is 35.7 Å². The molecule has 2 aromatic rings. The standard InChI is InChI=1S/C20H28N4O3/c1-15-7-5-6-8-16(15)19-21-17(27-22-19)13-23-9-11-24(12-10-23)14-18(25)26-20(2,3)4/h5-8H,9-14H2,1-4H3. The summed E-state index contributed by atoms with van der Waals surface area (Å²) < 4.78 is 10.8. The van der Waals surface area contributed by atoms with Gasteiger partial charge < -0.3 is 9.26 Å². The van der Waals surface area contributed by atoms with E-state index in [9.17, 15) is 4.79 Å². The van der Waals surface area contributed by atoms with Gasteiger partial charge in [-0.05, 0) is 33.3 Å². The van der Waals surface area contributed by atoms with Gasteiger partial charge in [0, 0.05) is 31.7 Å². The van der Waals surface area contributed by atoms with E-state index in [2.05, 4.69) is 19.9 Å². The highest BCUT2D eigenvalue weighted by atomic mass is 16.6. The minimum atomic E-state index is -0.439. The maximum atomic E-state index is 12.0. The Morgan fingerprint density at radius 2 is 1.81 bits per heavy atom. The van der Waals surface area contributed by atoms with Gasteiger partial charge >= 0.3 is 5.97 Å². The Hall–Kier alpha value is -2.25. The van der Waals surface area contributed by atoms with Crippen molar-refractivity contribution >= 4 is 5.97 Å². The molecule has 1 saturated heterocycles. The van der Waals surface area contributed by atoms with Crippen LogP contribution in [-0.2, 0) is 16.1 Å². The quantitative estimate of drug-likeness (QED) is 0.747. The fraction of sp³-hybridized carbons (Fsp3) is 0.550. The highest BCUT2D eigenvalue weighted by molar-refractivity contribution is 5.72. The number of nitrogens with zero attached hydrogens (tertiary/aromatic N) is 4. The molecule has 0 radical (unpaired) electrons. The molecule has 0 bridgehead atoms. The molecular weight excluding hydrogens is 344 g/mol. The Bertz CT molecular complexity index is 774. The van der Waals surface area contributed by atoms with E-state index in [1.54, 1.807) is 0 Å². The molecule has 0 spiro atoms. The summed E-state index contributed by atoms with van der Waals surface area (Å²) >= 11 is 0. The van der Waals surface area contributed by atoms with Gasteiger partial charge in [-0.25, -0.2) is 0 Å². The van der Waals surface area contributed by atoms with Gasteiger partial charge in [0.05, 0.1) is 13.1 Å². The summed E-state index contributed by atoms with van der Waals surface area (Å²) in [4.78, 5) is 20.9. The molecule has 7 heteroatoms. The third-order valence-electron chi connectivity index (χ3n) is 4.45. The van der Waals surface area contributed by atoms with Crippen LogP contribution >= 0.6 is 0 Å². The maximum absolute atomic E-state index is 12.0. The highest BCUT2D eigenvalue weighted by Gasteiger charge is 2.23. The van der Waals surface area contributed by atoms with Crippen molar-refractivity contribution in [3.8, 4) is 11.4 Å². The van der Waals surface area contributed by atoms with Gasteiger partial charge in [0.25, 0.3) is 0 Å².